The number of hydrogen-bond acceptors (Lipinski definition) is 4. The van der Waals surface area contributed by atoms with E-state index in [9.17, 15) is 4.79 Å². The molecule has 1 atom stereocenters. The van der Waals surface area contributed by atoms with Gasteiger partial charge in [-0.05, 0) is 38.8 Å². The summed E-state index contributed by atoms with van der Waals surface area (Å²) >= 11 is 0. The number of carbonyl (C=O) groups is 1. The molecular weight excluding hydrogens is 192 g/mol. The second kappa shape index (κ2) is 4.94. The summed E-state index contributed by atoms with van der Waals surface area (Å²) in [4.78, 5) is 13.5. The summed E-state index contributed by atoms with van der Waals surface area (Å²) < 4.78 is 5.02. The van der Waals surface area contributed by atoms with E-state index >= 15 is 0 Å². The van der Waals surface area contributed by atoms with Crippen molar-refractivity contribution in [1.29, 1.82) is 0 Å². The number of piperidine rings is 1. The van der Waals surface area contributed by atoms with Crippen molar-refractivity contribution in [1.82, 2.24) is 10.2 Å². The van der Waals surface area contributed by atoms with Crippen molar-refractivity contribution in [3.63, 3.8) is 0 Å². The van der Waals surface area contributed by atoms with Crippen LogP contribution in [0, 0.1) is 5.92 Å². The predicted octanol–water partition coefficient (Wildman–Crippen LogP) is 0.233. The lowest BCUT2D eigenvalue weighted by molar-refractivity contribution is -0.154. The maximum Gasteiger partial charge on any atom is 0.320 e. The molecule has 4 heteroatoms. The van der Waals surface area contributed by atoms with Gasteiger partial charge in [-0.3, -0.25) is 9.69 Å². The lowest BCUT2D eigenvalue weighted by Gasteiger charge is -2.36. The van der Waals surface area contributed by atoms with Crippen LogP contribution in [0.2, 0.25) is 0 Å². The van der Waals surface area contributed by atoms with E-state index in [1.54, 1.807) is 0 Å². The topological polar surface area (TPSA) is 41.6 Å². The molecule has 1 N–H and O–H groups in total. The van der Waals surface area contributed by atoms with Crippen molar-refractivity contribution in [3.8, 4) is 0 Å². The summed E-state index contributed by atoms with van der Waals surface area (Å²) in [6.07, 6.45) is 2.47. The van der Waals surface area contributed by atoms with Gasteiger partial charge in [-0.2, -0.15) is 0 Å². The fraction of sp³-hybridized carbons (Fsp3) is 0.909. The molecular formula is C11H20N2O2. The molecule has 86 valence electrons. The lowest BCUT2D eigenvalue weighted by Crippen LogP contribution is -2.49. The molecule has 0 aromatic rings. The number of morpholine rings is 1. The van der Waals surface area contributed by atoms with Crippen LogP contribution in [0.5, 0.6) is 0 Å². The van der Waals surface area contributed by atoms with Crippen molar-refractivity contribution in [2.45, 2.75) is 25.8 Å². The Bertz CT molecular complexity index is 227. The Balaban J connectivity index is 1.83. The minimum atomic E-state index is -0.0676. The molecule has 0 amide bonds. The number of ether oxygens (including phenoxy) is 1. The zero-order valence-electron chi connectivity index (χ0n) is 9.37. The first kappa shape index (κ1) is 10.9. The third-order valence-corrected chi connectivity index (χ3v) is 3.39. The second-order valence-electron chi connectivity index (χ2n) is 4.65. The zero-order chi connectivity index (χ0) is 10.7. The van der Waals surface area contributed by atoms with Crippen LogP contribution in [0.1, 0.15) is 19.8 Å². The van der Waals surface area contributed by atoms with Crippen molar-refractivity contribution >= 4 is 5.97 Å². The molecule has 2 heterocycles. The van der Waals surface area contributed by atoms with Crippen molar-refractivity contribution in [3.05, 3.63) is 0 Å². The Labute approximate surface area is 91.0 Å². The average molecular weight is 212 g/mol. The molecule has 15 heavy (non-hydrogen) atoms. The summed E-state index contributed by atoms with van der Waals surface area (Å²) in [7, 11) is 0. The highest BCUT2D eigenvalue weighted by Crippen LogP contribution is 2.16. The molecule has 0 radical (unpaired) electrons. The van der Waals surface area contributed by atoms with E-state index in [0.717, 1.165) is 25.6 Å². The number of nitrogens with one attached hydrogen (secondary N) is 1. The van der Waals surface area contributed by atoms with Crippen molar-refractivity contribution < 1.29 is 9.53 Å². The standard InChI is InChI=1S/C11H20N2O2/c1-9-8-15-11(14)7-13(9)6-10-2-4-12-5-3-10/h9-10,12H,2-8H2,1H3. The van der Waals surface area contributed by atoms with Crippen LogP contribution in [-0.4, -0.2) is 49.7 Å². The molecule has 0 aromatic carbocycles. The highest BCUT2D eigenvalue weighted by molar-refractivity contribution is 5.72. The number of nitrogens with zero attached hydrogens (tertiary/aromatic N) is 1. The molecule has 1 unspecified atom stereocenters. The first-order chi connectivity index (χ1) is 7.25. The summed E-state index contributed by atoms with van der Waals surface area (Å²) in [6.45, 7) is 6.47. The van der Waals surface area contributed by atoms with Gasteiger partial charge in [0, 0.05) is 12.6 Å². The Morgan fingerprint density at radius 3 is 2.93 bits per heavy atom. The molecule has 2 aliphatic heterocycles. The molecule has 2 rings (SSSR count). The highest BCUT2D eigenvalue weighted by Gasteiger charge is 2.27. The molecule has 0 aromatic heterocycles. The van der Waals surface area contributed by atoms with E-state index in [1.807, 2.05) is 0 Å². The van der Waals surface area contributed by atoms with Crippen LogP contribution in [0.25, 0.3) is 0 Å². The van der Waals surface area contributed by atoms with Gasteiger partial charge in [-0.25, -0.2) is 0 Å². The van der Waals surface area contributed by atoms with Gasteiger partial charge in [0.1, 0.15) is 6.61 Å². The van der Waals surface area contributed by atoms with Gasteiger partial charge in [0.2, 0.25) is 0 Å². The van der Waals surface area contributed by atoms with E-state index in [4.69, 9.17) is 4.74 Å². The fourth-order valence-corrected chi connectivity index (χ4v) is 2.33. The van der Waals surface area contributed by atoms with Crippen LogP contribution in [0.3, 0.4) is 0 Å². The highest BCUT2D eigenvalue weighted by atomic mass is 16.5. The maximum atomic E-state index is 11.2. The summed E-state index contributed by atoms with van der Waals surface area (Å²) in [6, 6.07) is 0.387. The van der Waals surface area contributed by atoms with E-state index < -0.39 is 0 Å². The molecule has 2 aliphatic rings. The largest absolute Gasteiger partial charge is 0.463 e. The van der Waals surface area contributed by atoms with Crippen LogP contribution in [0.4, 0.5) is 0 Å². The van der Waals surface area contributed by atoms with Gasteiger partial charge >= 0.3 is 5.97 Å². The number of carbonyl (C=O) groups excluding carboxylic acids is 1. The predicted molar refractivity (Wildman–Crippen MR) is 57.6 cm³/mol. The second-order valence-corrected chi connectivity index (χ2v) is 4.65. The quantitative estimate of drug-likeness (QED) is 0.665. The third-order valence-electron chi connectivity index (χ3n) is 3.39. The first-order valence-corrected chi connectivity index (χ1v) is 5.86. The minimum absolute atomic E-state index is 0.0676. The number of esters is 1. The molecule has 2 fully saturated rings. The Morgan fingerprint density at radius 2 is 2.20 bits per heavy atom. The van der Waals surface area contributed by atoms with Crippen LogP contribution < -0.4 is 5.32 Å². The van der Waals surface area contributed by atoms with E-state index in [2.05, 4.69) is 17.1 Å². The fourth-order valence-electron chi connectivity index (χ4n) is 2.33. The van der Waals surface area contributed by atoms with Crippen LogP contribution >= 0.6 is 0 Å². The Morgan fingerprint density at radius 1 is 1.47 bits per heavy atom. The molecule has 0 bridgehead atoms. The SMILES string of the molecule is CC1COC(=O)CN1CC1CCNCC1. The smallest absolute Gasteiger partial charge is 0.320 e. The third kappa shape index (κ3) is 2.92. The van der Waals surface area contributed by atoms with Gasteiger partial charge in [-0.1, -0.05) is 0 Å². The van der Waals surface area contributed by atoms with Crippen molar-refractivity contribution in [2.75, 3.05) is 32.8 Å². The Hall–Kier alpha value is -0.610. The van der Waals surface area contributed by atoms with E-state index in [1.165, 1.54) is 12.8 Å². The molecule has 0 spiro atoms. The number of hydrogen-bond donors (Lipinski definition) is 1. The lowest BCUT2D eigenvalue weighted by atomic mass is 9.97. The van der Waals surface area contributed by atoms with Gasteiger partial charge in [-0.15, -0.1) is 0 Å². The van der Waals surface area contributed by atoms with Gasteiger partial charge in [0.15, 0.2) is 0 Å². The number of cyclic esters (lactones) is 1. The van der Waals surface area contributed by atoms with Crippen LogP contribution in [-0.2, 0) is 9.53 Å². The van der Waals surface area contributed by atoms with Gasteiger partial charge in [0.25, 0.3) is 0 Å². The molecule has 4 nitrogen and oxygen atoms in total. The first-order valence-electron chi connectivity index (χ1n) is 5.86. The molecule has 0 saturated carbocycles. The van der Waals surface area contributed by atoms with Crippen LogP contribution in [0.15, 0.2) is 0 Å². The maximum absolute atomic E-state index is 11.2. The monoisotopic (exact) mass is 212 g/mol. The molecule has 2 saturated heterocycles. The summed E-state index contributed by atoms with van der Waals surface area (Å²) in [5, 5.41) is 3.36. The minimum Gasteiger partial charge on any atom is -0.463 e. The molecule has 0 aliphatic carbocycles. The summed E-state index contributed by atoms with van der Waals surface area (Å²) in [5.41, 5.74) is 0. The average Bonchev–Trinajstić information content (AvgIpc) is 2.25. The number of rotatable bonds is 2. The van der Waals surface area contributed by atoms with Gasteiger partial charge in [0.05, 0.1) is 6.54 Å². The zero-order valence-corrected chi connectivity index (χ0v) is 9.37. The Kier molecular flexibility index (Phi) is 3.59. The van der Waals surface area contributed by atoms with E-state index in [0.29, 0.717) is 19.2 Å². The summed E-state index contributed by atoms with van der Waals surface area (Å²) in [5.74, 6) is 0.682. The van der Waals surface area contributed by atoms with Crippen molar-refractivity contribution in [2.24, 2.45) is 5.92 Å². The normalized spacial score (nSPS) is 30.2. The van der Waals surface area contributed by atoms with Gasteiger partial charge < -0.3 is 10.1 Å². The van der Waals surface area contributed by atoms with E-state index in [-0.39, 0.29) is 5.97 Å².